The standard InChI is InChI=1S/C20H17ClN2O2/c21-17-9-7-15(8-10-17)14-25-19-6-2-1-5-18(19)20(24)23-13-16-4-3-11-22-12-16/h1-12H,13-14H2,(H,23,24). The van der Waals surface area contributed by atoms with Gasteiger partial charge in [0.1, 0.15) is 12.4 Å². The third kappa shape index (κ3) is 4.81. The molecular weight excluding hydrogens is 336 g/mol. The number of amides is 1. The maximum absolute atomic E-state index is 12.5. The van der Waals surface area contributed by atoms with E-state index >= 15 is 0 Å². The van der Waals surface area contributed by atoms with Gasteiger partial charge in [0.2, 0.25) is 0 Å². The van der Waals surface area contributed by atoms with Crippen molar-refractivity contribution < 1.29 is 9.53 Å². The molecule has 0 saturated carbocycles. The number of rotatable bonds is 6. The average Bonchev–Trinajstić information content (AvgIpc) is 2.67. The largest absolute Gasteiger partial charge is 0.488 e. The number of hydrogen-bond acceptors (Lipinski definition) is 3. The van der Waals surface area contributed by atoms with E-state index in [9.17, 15) is 4.79 Å². The van der Waals surface area contributed by atoms with E-state index in [1.807, 2.05) is 48.5 Å². The van der Waals surface area contributed by atoms with Crippen molar-refractivity contribution in [3.63, 3.8) is 0 Å². The first-order valence-corrected chi connectivity index (χ1v) is 8.23. The molecule has 0 aliphatic heterocycles. The van der Waals surface area contributed by atoms with E-state index in [-0.39, 0.29) is 5.91 Å². The zero-order valence-electron chi connectivity index (χ0n) is 13.5. The first kappa shape index (κ1) is 17.0. The van der Waals surface area contributed by atoms with Gasteiger partial charge in [-0.25, -0.2) is 0 Å². The van der Waals surface area contributed by atoms with Crippen molar-refractivity contribution in [3.8, 4) is 5.75 Å². The van der Waals surface area contributed by atoms with Gasteiger partial charge in [0.05, 0.1) is 5.56 Å². The van der Waals surface area contributed by atoms with Crippen molar-refractivity contribution in [2.24, 2.45) is 0 Å². The maximum Gasteiger partial charge on any atom is 0.255 e. The topological polar surface area (TPSA) is 51.2 Å². The molecule has 0 saturated heterocycles. The van der Waals surface area contributed by atoms with Crippen LogP contribution in [-0.2, 0) is 13.2 Å². The van der Waals surface area contributed by atoms with E-state index in [4.69, 9.17) is 16.3 Å². The van der Waals surface area contributed by atoms with Crippen LogP contribution in [0.3, 0.4) is 0 Å². The Bertz CT molecular complexity index is 836. The van der Waals surface area contributed by atoms with Crippen LogP contribution in [0, 0.1) is 0 Å². The summed E-state index contributed by atoms with van der Waals surface area (Å²) in [5.74, 6) is 0.358. The highest BCUT2D eigenvalue weighted by atomic mass is 35.5. The molecule has 0 fully saturated rings. The Morgan fingerprint density at radius 1 is 1.00 bits per heavy atom. The third-order valence-electron chi connectivity index (χ3n) is 3.62. The lowest BCUT2D eigenvalue weighted by Crippen LogP contribution is -2.23. The van der Waals surface area contributed by atoms with Gasteiger partial charge in [-0.2, -0.15) is 0 Å². The Morgan fingerprint density at radius 2 is 1.80 bits per heavy atom. The molecule has 1 aromatic heterocycles. The summed E-state index contributed by atoms with van der Waals surface area (Å²) in [7, 11) is 0. The number of nitrogens with one attached hydrogen (secondary N) is 1. The number of nitrogens with zero attached hydrogens (tertiary/aromatic N) is 1. The van der Waals surface area contributed by atoms with Gasteiger partial charge >= 0.3 is 0 Å². The van der Waals surface area contributed by atoms with Gasteiger partial charge in [0.15, 0.2) is 0 Å². The molecule has 4 nitrogen and oxygen atoms in total. The predicted octanol–water partition coefficient (Wildman–Crippen LogP) is 4.24. The summed E-state index contributed by atoms with van der Waals surface area (Å²) in [4.78, 5) is 16.5. The number of halogens is 1. The second-order valence-electron chi connectivity index (χ2n) is 5.46. The minimum atomic E-state index is -0.185. The van der Waals surface area contributed by atoms with Crippen LogP contribution in [0.1, 0.15) is 21.5 Å². The smallest absolute Gasteiger partial charge is 0.255 e. The van der Waals surface area contributed by atoms with E-state index in [0.717, 1.165) is 11.1 Å². The van der Waals surface area contributed by atoms with Gasteiger partial charge in [-0.1, -0.05) is 41.9 Å². The molecule has 3 rings (SSSR count). The molecule has 3 aromatic rings. The fourth-order valence-corrected chi connectivity index (χ4v) is 2.43. The Morgan fingerprint density at radius 3 is 2.56 bits per heavy atom. The highest BCUT2D eigenvalue weighted by Crippen LogP contribution is 2.20. The number of hydrogen-bond donors (Lipinski definition) is 1. The molecule has 2 aromatic carbocycles. The lowest BCUT2D eigenvalue weighted by molar-refractivity contribution is 0.0946. The van der Waals surface area contributed by atoms with Crippen LogP contribution < -0.4 is 10.1 Å². The Labute approximate surface area is 151 Å². The van der Waals surface area contributed by atoms with Crippen LogP contribution in [0.4, 0.5) is 0 Å². The van der Waals surface area contributed by atoms with E-state index in [2.05, 4.69) is 10.3 Å². The zero-order chi connectivity index (χ0) is 17.5. The second kappa shape index (κ2) is 8.31. The van der Waals surface area contributed by atoms with Crippen molar-refractivity contribution in [3.05, 3.63) is 94.8 Å². The first-order valence-electron chi connectivity index (χ1n) is 7.86. The van der Waals surface area contributed by atoms with Crippen molar-refractivity contribution >= 4 is 17.5 Å². The average molecular weight is 353 g/mol. The molecule has 0 atom stereocenters. The van der Waals surface area contributed by atoms with Crippen LogP contribution in [0.15, 0.2) is 73.1 Å². The van der Waals surface area contributed by atoms with E-state index < -0.39 is 0 Å². The molecule has 0 bridgehead atoms. The van der Waals surface area contributed by atoms with Crippen molar-refractivity contribution in [2.75, 3.05) is 0 Å². The molecule has 0 aliphatic carbocycles. The normalized spacial score (nSPS) is 10.3. The lowest BCUT2D eigenvalue weighted by atomic mass is 10.1. The molecule has 126 valence electrons. The number of aromatic nitrogens is 1. The van der Waals surface area contributed by atoms with Crippen molar-refractivity contribution in [1.29, 1.82) is 0 Å². The molecule has 25 heavy (non-hydrogen) atoms. The molecule has 0 unspecified atom stereocenters. The van der Waals surface area contributed by atoms with E-state index in [1.165, 1.54) is 0 Å². The fourth-order valence-electron chi connectivity index (χ4n) is 2.30. The van der Waals surface area contributed by atoms with E-state index in [0.29, 0.717) is 29.5 Å². The molecular formula is C20H17ClN2O2. The molecule has 1 heterocycles. The number of para-hydroxylation sites is 1. The molecule has 5 heteroatoms. The minimum absolute atomic E-state index is 0.185. The van der Waals surface area contributed by atoms with Gasteiger partial charge in [-0.15, -0.1) is 0 Å². The minimum Gasteiger partial charge on any atom is -0.488 e. The summed E-state index contributed by atoms with van der Waals surface area (Å²) >= 11 is 5.88. The summed E-state index contributed by atoms with van der Waals surface area (Å²) < 4.78 is 5.82. The molecule has 0 aliphatic rings. The monoisotopic (exact) mass is 352 g/mol. The molecule has 0 radical (unpaired) electrons. The number of pyridine rings is 1. The van der Waals surface area contributed by atoms with Gasteiger partial charge in [-0.05, 0) is 41.5 Å². The summed E-state index contributed by atoms with van der Waals surface area (Å²) in [5, 5.41) is 3.56. The Hall–Kier alpha value is -2.85. The van der Waals surface area contributed by atoms with E-state index in [1.54, 1.807) is 24.5 Å². The van der Waals surface area contributed by atoms with Crippen LogP contribution in [0.25, 0.3) is 0 Å². The molecule has 1 amide bonds. The summed E-state index contributed by atoms with van der Waals surface area (Å²) in [6.07, 6.45) is 3.43. The number of carbonyl (C=O) groups is 1. The highest BCUT2D eigenvalue weighted by molar-refractivity contribution is 6.30. The summed E-state index contributed by atoms with van der Waals surface area (Å²) in [6.45, 7) is 0.780. The zero-order valence-corrected chi connectivity index (χ0v) is 14.2. The predicted molar refractivity (Wildman–Crippen MR) is 97.6 cm³/mol. The van der Waals surface area contributed by atoms with Crippen LogP contribution in [0.5, 0.6) is 5.75 Å². The Balaban J connectivity index is 1.65. The van der Waals surface area contributed by atoms with Gasteiger partial charge in [0.25, 0.3) is 5.91 Å². The number of benzene rings is 2. The quantitative estimate of drug-likeness (QED) is 0.721. The third-order valence-corrected chi connectivity index (χ3v) is 3.87. The summed E-state index contributed by atoms with van der Waals surface area (Å²) in [5.41, 5.74) is 2.42. The van der Waals surface area contributed by atoms with Crippen LogP contribution >= 0.6 is 11.6 Å². The summed E-state index contributed by atoms with van der Waals surface area (Å²) in [6, 6.07) is 18.4. The van der Waals surface area contributed by atoms with Crippen molar-refractivity contribution in [2.45, 2.75) is 13.2 Å². The number of ether oxygens (including phenoxy) is 1. The van der Waals surface area contributed by atoms with Crippen LogP contribution in [-0.4, -0.2) is 10.9 Å². The Kier molecular flexibility index (Phi) is 5.65. The fraction of sp³-hybridized carbons (Fsp3) is 0.100. The van der Waals surface area contributed by atoms with Gasteiger partial charge in [0, 0.05) is 24.0 Å². The van der Waals surface area contributed by atoms with Crippen LogP contribution in [0.2, 0.25) is 5.02 Å². The molecule has 1 N–H and O–H groups in total. The van der Waals surface area contributed by atoms with Gasteiger partial charge in [-0.3, -0.25) is 9.78 Å². The highest BCUT2D eigenvalue weighted by Gasteiger charge is 2.12. The first-order chi connectivity index (χ1) is 12.2. The van der Waals surface area contributed by atoms with Crippen molar-refractivity contribution in [1.82, 2.24) is 10.3 Å². The molecule has 0 spiro atoms. The second-order valence-corrected chi connectivity index (χ2v) is 5.89. The lowest BCUT2D eigenvalue weighted by Gasteiger charge is -2.12. The number of carbonyl (C=O) groups excluding carboxylic acids is 1. The van der Waals surface area contributed by atoms with Gasteiger partial charge < -0.3 is 10.1 Å². The maximum atomic E-state index is 12.5. The SMILES string of the molecule is O=C(NCc1cccnc1)c1ccccc1OCc1ccc(Cl)cc1.